The van der Waals surface area contributed by atoms with E-state index in [2.05, 4.69) is 0 Å². The lowest BCUT2D eigenvalue weighted by Gasteiger charge is -2.23. The number of benzene rings is 3. The van der Waals surface area contributed by atoms with E-state index >= 15 is 0 Å². The van der Waals surface area contributed by atoms with Crippen LogP contribution in [0.5, 0.6) is 5.75 Å². The summed E-state index contributed by atoms with van der Waals surface area (Å²) in [5.74, 6) is -0.980. The number of hydrogen-bond donors (Lipinski definition) is 1. The number of halogens is 1. The molecule has 0 bridgehead atoms. The maximum atomic E-state index is 13.0. The molecule has 1 N–H and O–H groups in total. The number of ketones is 2. The van der Waals surface area contributed by atoms with E-state index in [1.165, 1.54) is 7.11 Å². The van der Waals surface area contributed by atoms with Crippen LogP contribution in [0.25, 0.3) is 0 Å². The Kier molecular flexibility index (Phi) is 6.81. The Balaban J connectivity index is 1.92. The Labute approximate surface area is 174 Å². The third-order valence-electron chi connectivity index (χ3n) is 4.82. The predicted molar refractivity (Wildman–Crippen MR) is 113 cm³/mol. The van der Waals surface area contributed by atoms with E-state index in [0.717, 1.165) is 0 Å². The molecule has 0 amide bonds. The smallest absolute Gasteiger partial charge is 0.195 e. The van der Waals surface area contributed by atoms with Gasteiger partial charge in [0.2, 0.25) is 0 Å². The topological polar surface area (TPSA) is 63.6 Å². The quantitative estimate of drug-likeness (QED) is 0.536. The summed E-state index contributed by atoms with van der Waals surface area (Å²) in [6.45, 7) is 0. The van der Waals surface area contributed by atoms with Crippen LogP contribution in [0.3, 0.4) is 0 Å². The van der Waals surface area contributed by atoms with Crippen LogP contribution in [-0.2, 0) is 0 Å². The first-order chi connectivity index (χ1) is 14.0. The first-order valence-corrected chi connectivity index (χ1v) is 9.58. The van der Waals surface area contributed by atoms with Crippen molar-refractivity contribution in [3.63, 3.8) is 0 Å². The molecule has 3 rings (SSSR count). The van der Waals surface area contributed by atoms with Crippen molar-refractivity contribution < 1.29 is 19.4 Å². The van der Waals surface area contributed by atoms with Gasteiger partial charge in [-0.25, -0.2) is 0 Å². The third-order valence-corrected chi connectivity index (χ3v) is 5.07. The summed E-state index contributed by atoms with van der Waals surface area (Å²) in [5.41, 5.74) is 1.47. The molecular formula is C24H21ClO4. The molecule has 0 aliphatic carbocycles. The van der Waals surface area contributed by atoms with Crippen molar-refractivity contribution in [2.24, 2.45) is 0 Å². The van der Waals surface area contributed by atoms with Crippen molar-refractivity contribution in [3.8, 4) is 5.75 Å². The van der Waals surface area contributed by atoms with Crippen molar-refractivity contribution in [3.05, 3.63) is 101 Å². The molecule has 0 radical (unpaired) electrons. The Morgan fingerprint density at radius 1 is 0.931 bits per heavy atom. The first kappa shape index (κ1) is 20.8. The molecular weight excluding hydrogens is 388 g/mol. The van der Waals surface area contributed by atoms with Gasteiger partial charge in [-0.05, 0) is 42.0 Å². The van der Waals surface area contributed by atoms with E-state index in [9.17, 15) is 14.7 Å². The van der Waals surface area contributed by atoms with Gasteiger partial charge in [0.25, 0.3) is 0 Å². The largest absolute Gasteiger partial charge is 0.496 e. The highest BCUT2D eigenvalue weighted by Crippen LogP contribution is 2.30. The highest BCUT2D eigenvalue weighted by Gasteiger charge is 2.31. The van der Waals surface area contributed by atoms with Gasteiger partial charge in [-0.3, -0.25) is 9.59 Å². The summed E-state index contributed by atoms with van der Waals surface area (Å²) in [6, 6.07) is 22.4. The molecule has 0 unspecified atom stereocenters. The maximum Gasteiger partial charge on any atom is 0.195 e. The predicted octanol–water partition coefficient (Wildman–Crippen LogP) is 4.95. The maximum absolute atomic E-state index is 13.0. The summed E-state index contributed by atoms with van der Waals surface area (Å²) in [5, 5.41) is 11.5. The molecule has 0 aliphatic rings. The number of Topliss-reactive ketones (excluding diaryl/α,β-unsaturated/α-hetero) is 2. The minimum absolute atomic E-state index is 0.0201. The Bertz CT molecular complexity index is 983. The molecule has 5 heteroatoms. The Morgan fingerprint density at radius 3 is 2.21 bits per heavy atom. The highest BCUT2D eigenvalue weighted by atomic mass is 35.5. The molecule has 0 fully saturated rings. The minimum Gasteiger partial charge on any atom is -0.496 e. The van der Waals surface area contributed by atoms with E-state index in [-0.39, 0.29) is 17.8 Å². The second-order valence-corrected chi connectivity index (χ2v) is 7.10. The molecule has 0 aromatic heterocycles. The van der Waals surface area contributed by atoms with Crippen LogP contribution >= 0.6 is 11.6 Å². The number of aliphatic hydroxyl groups is 1. The SMILES string of the molecule is COc1ccccc1C(=O)[C@H](O)[C@H](CC(=O)c1ccc(Cl)cc1)c1ccccc1. The molecule has 148 valence electrons. The van der Waals surface area contributed by atoms with Crippen LogP contribution < -0.4 is 4.74 Å². The summed E-state index contributed by atoms with van der Waals surface area (Å²) < 4.78 is 5.25. The van der Waals surface area contributed by atoms with Gasteiger partial charge in [-0.2, -0.15) is 0 Å². The molecule has 0 aliphatic heterocycles. The number of hydrogen-bond acceptors (Lipinski definition) is 4. The van der Waals surface area contributed by atoms with Crippen LogP contribution in [0, 0.1) is 0 Å². The molecule has 0 spiro atoms. The van der Waals surface area contributed by atoms with Crippen LogP contribution in [0.1, 0.15) is 38.6 Å². The number of aliphatic hydroxyl groups excluding tert-OH is 1. The van der Waals surface area contributed by atoms with Crippen molar-refractivity contribution >= 4 is 23.2 Å². The average molecular weight is 409 g/mol. The van der Waals surface area contributed by atoms with Crippen LogP contribution in [0.2, 0.25) is 5.02 Å². The van der Waals surface area contributed by atoms with E-state index < -0.39 is 17.8 Å². The normalized spacial score (nSPS) is 12.8. The van der Waals surface area contributed by atoms with Gasteiger partial charge in [0, 0.05) is 22.9 Å². The van der Waals surface area contributed by atoms with Crippen molar-refractivity contribution in [2.75, 3.05) is 7.11 Å². The van der Waals surface area contributed by atoms with Gasteiger partial charge in [0.15, 0.2) is 11.6 Å². The Hall–Kier alpha value is -2.95. The van der Waals surface area contributed by atoms with Crippen molar-refractivity contribution in [1.29, 1.82) is 0 Å². The van der Waals surface area contributed by atoms with Gasteiger partial charge in [-0.15, -0.1) is 0 Å². The fraction of sp³-hybridized carbons (Fsp3) is 0.167. The number of para-hydroxylation sites is 1. The van der Waals surface area contributed by atoms with Crippen molar-refractivity contribution in [1.82, 2.24) is 0 Å². The summed E-state index contributed by atoms with van der Waals surface area (Å²) in [6.07, 6.45) is -1.42. The third kappa shape index (κ3) is 4.91. The second kappa shape index (κ2) is 9.50. The first-order valence-electron chi connectivity index (χ1n) is 9.20. The van der Waals surface area contributed by atoms with Gasteiger partial charge in [-0.1, -0.05) is 54.1 Å². The standard InChI is InChI=1S/C24H21ClO4/c1-29-22-10-6-5-9-19(22)23(27)24(28)20(16-7-3-2-4-8-16)15-21(26)17-11-13-18(25)14-12-17/h2-14,20,24,28H,15H2,1H3/t20-,24-/m1/s1. The molecule has 0 saturated heterocycles. The van der Waals surface area contributed by atoms with Crippen LogP contribution in [0.4, 0.5) is 0 Å². The fourth-order valence-electron chi connectivity index (χ4n) is 3.26. The summed E-state index contributed by atoms with van der Waals surface area (Å²) >= 11 is 5.90. The number of carbonyl (C=O) groups is 2. The molecule has 2 atom stereocenters. The number of methoxy groups -OCH3 is 1. The van der Waals surface area contributed by atoms with E-state index in [1.807, 2.05) is 18.2 Å². The lowest BCUT2D eigenvalue weighted by atomic mass is 9.84. The molecule has 3 aromatic rings. The zero-order chi connectivity index (χ0) is 20.8. The van der Waals surface area contributed by atoms with Crippen LogP contribution in [-0.4, -0.2) is 29.9 Å². The Morgan fingerprint density at radius 2 is 1.55 bits per heavy atom. The average Bonchev–Trinajstić information content (AvgIpc) is 2.77. The van der Waals surface area contributed by atoms with Crippen molar-refractivity contribution in [2.45, 2.75) is 18.4 Å². The van der Waals surface area contributed by atoms with Crippen LogP contribution in [0.15, 0.2) is 78.9 Å². The molecule has 29 heavy (non-hydrogen) atoms. The number of carbonyl (C=O) groups excluding carboxylic acids is 2. The lowest BCUT2D eigenvalue weighted by molar-refractivity contribution is 0.0663. The number of ether oxygens (including phenoxy) is 1. The highest BCUT2D eigenvalue weighted by molar-refractivity contribution is 6.30. The molecule has 0 heterocycles. The monoisotopic (exact) mass is 408 g/mol. The van der Waals surface area contributed by atoms with Gasteiger partial charge < -0.3 is 9.84 Å². The lowest BCUT2D eigenvalue weighted by Crippen LogP contribution is -2.30. The van der Waals surface area contributed by atoms with Gasteiger partial charge in [0.05, 0.1) is 12.7 Å². The minimum atomic E-state index is -1.40. The van der Waals surface area contributed by atoms with E-state index in [1.54, 1.807) is 60.7 Å². The number of rotatable bonds is 8. The van der Waals surface area contributed by atoms with E-state index in [4.69, 9.17) is 16.3 Å². The summed E-state index contributed by atoms with van der Waals surface area (Å²) in [7, 11) is 1.47. The van der Waals surface area contributed by atoms with E-state index in [0.29, 0.717) is 21.9 Å². The molecule has 3 aromatic carbocycles. The zero-order valence-corrected chi connectivity index (χ0v) is 16.7. The molecule has 0 saturated carbocycles. The zero-order valence-electron chi connectivity index (χ0n) is 15.9. The molecule has 4 nitrogen and oxygen atoms in total. The fourth-order valence-corrected chi connectivity index (χ4v) is 3.38. The summed E-state index contributed by atoms with van der Waals surface area (Å²) in [4.78, 5) is 25.9. The van der Waals surface area contributed by atoms with Gasteiger partial charge >= 0.3 is 0 Å². The van der Waals surface area contributed by atoms with Gasteiger partial charge in [0.1, 0.15) is 11.9 Å². The second-order valence-electron chi connectivity index (χ2n) is 6.66.